The van der Waals surface area contributed by atoms with Gasteiger partial charge in [-0.2, -0.15) is 5.06 Å². The Morgan fingerprint density at radius 1 is 1.10 bits per heavy atom. The molecular formula is C17H23NO3. The van der Waals surface area contributed by atoms with Crippen LogP contribution in [0.25, 0.3) is 0 Å². The molecule has 0 aromatic heterocycles. The molecule has 0 saturated carbocycles. The van der Waals surface area contributed by atoms with Crippen LogP contribution in [0.1, 0.15) is 39.2 Å². The van der Waals surface area contributed by atoms with Crippen molar-refractivity contribution < 1.29 is 14.4 Å². The Morgan fingerprint density at radius 3 is 2.29 bits per heavy atom. The normalized spacial score (nSPS) is 22.4. The first kappa shape index (κ1) is 15.7. The minimum atomic E-state index is -0.240. The fraction of sp³-hybridized carbons (Fsp3) is 0.529. The standard InChI is InChI=1S/C17H23NO3/c1-4-14-15(10-12(2)3)17(20)18(16(14)19)21-11-13-8-6-5-7-9-13/h5-9,12,14-15H,4,10-11H2,1-3H3. The van der Waals surface area contributed by atoms with Crippen molar-refractivity contribution in [3.05, 3.63) is 35.9 Å². The number of rotatable bonds is 6. The Labute approximate surface area is 126 Å². The first-order chi connectivity index (χ1) is 10.0. The number of nitrogens with zero attached hydrogens (tertiary/aromatic N) is 1. The summed E-state index contributed by atoms with van der Waals surface area (Å²) in [5.74, 6) is -0.468. The topological polar surface area (TPSA) is 46.6 Å². The van der Waals surface area contributed by atoms with E-state index in [1.165, 1.54) is 0 Å². The maximum atomic E-state index is 12.4. The number of hydroxylamine groups is 2. The fourth-order valence-electron chi connectivity index (χ4n) is 2.83. The number of benzene rings is 1. The van der Waals surface area contributed by atoms with Crippen LogP contribution in [-0.2, 0) is 21.0 Å². The molecule has 0 N–H and O–H groups in total. The second-order valence-electron chi connectivity index (χ2n) is 5.98. The highest BCUT2D eigenvalue weighted by Gasteiger charge is 2.47. The summed E-state index contributed by atoms with van der Waals surface area (Å²) in [6, 6.07) is 9.55. The first-order valence-corrected chi connectivity index (χ1v) is 7.59. The molecule has 21 heavy (non-hydrogen) atoms. The monoisotopic (exact) mass is 289 g/mol. The van der Waals surface area contributed by atoms with E-state index in [0.717, 1.165) is 17.0 Å². The molecule has 1 aromatic carbocycles. The lowest BCUT2D eigenvalue weighted by molar-refractivity contribution is -0.193. The van der Waals surface area contributed by atoms with E-state index < -0.39 is 0 Å². The van der Waals surface area contributed by atoms with Gasteiger partial charge in [0.2, 0.25) is 0 Å². The molecule has 114 valence electrons. The van der Waals surface area contributed by atoms with E-state index in [9.17, 15) is 9.59 Å². The van der Waals surface area contributed by atoms with Crippen LogP contribution in [0.15, 0.2) is 30.3 Å². The van der Waals surface area contributed by atoms with Gasteiger partial charge in [0.05, 0.1) is 11.8 Å². The molecule has 2 unspecified atom stereocenters. The van der Waals surface area contributed by atoms with Gasteiger partial charge in [-0.3, -0.25) is 14.4 Å². The second kappa shape index (κ2) is 6.85. The van der Waals surface area contributed by atoms with E-state index >= 15 is 0 Å². The van der Waals surface area contributed by atoms with Crippen molar-refractivity contribution in [2.45, 2.75) is 40.2 Å². The maximum Gasteiger partial charge on any atom is 0.257 e. The highest BCUT2D eigenvalue weighted by molar-refractivity contribution is 6.03. The number of amides is 2. The molecule has 1 saturated heterocycles. The zero-order chi connectivity index (χ0) is 15.4. The van der Waals surface area contributed by atoms with Crippen molar-refractivity contribution in [1.82, 2.24) is 5.06 Å². The Bertz CT molecular complexity index is 498. The third kappa shape index (κ3) is 3.50. The van der Waals surface area contributed by atoms with Crippen molar-refractivity contribution >= 4 is 11.8 Å². The highest BCUT2D eigenvalue weighted by atomic mass is 16.7. The van der Waals surface area contributed by atoms with Gasteiger partial charge in [0, 0.05) is 0 Å². The number of hydrogen-bond donors (Lipinski definition) is 0. The predicted molar refractivity (Wildman–Crippen MR) is 79.8 cm³/mol. The summed E-state index contributed by atoms with van der Waals surface area (Å²) < 4.78 is 0. The minimum Gasteiger partial charge on any atom is -0.272 e. The molecule has 1 aromatic rings. The summed E-state index contributed by atoms with van der Waals surface area (Å²) in [6.07, 6.45) is 1.40. The molecule has 2 rings (SSSR count). The predicted octanol–water partition coefficient (Wildman–Crippen LogP) is 3.18. The molecule has 0 radical (unpaired) electrons. The third-order valence-corrected chi connectivity index (χ3v) is 3.89. The van der Waals surface area contributed by atoms with E-state index in [1.54, 1.807) is 0 Å². The first-order valence-electron chi connectivity index (χ1n) is 7.59. The van der Waals surface area contributed by atoms with Crippen molar-refractivity contribution in [3.63, 3.8) is 0 Å². The minimum absolute atomic E-state index is 0.184. The van der Waals surface area contributed by atoms with E-state index in [4.69, 9.17) is 4.84 Å². The number of hydrogen-bond acceptors (Lipinski definition) is 3. The summed E-state index contributed by atoms with van der Waals surface area (Å²) in [4.78, 5) is 30.3. The molecule has 4 heteroatoms. The molecule has 1 heterocycles. The summed E-state index contributed by atoms with van der Waals surface area (Å²) >= 11 is 0. The molecule has 1 fully saturated rings. The van der Waals surface area contributed by atoms with Crippen molar-refractivity contribution in [2.75, 3.05) is 0 Å². The molecule has 0 bridgehead atoms. The number of imide groups is 1. The lowest BCUT2D eigenvalue weighted by atomic mass is 9.86. The summed E-state index contributed by atoms with van der Waals surface area (Å²) in [5.41, 5.74) is 0.943. The van der Waals surface area contributed by atoms with Crippen LogP contribution in [0.2, 0.25) is 0 Å². The van der Waals surface area contributed by atoms with Crippen molar-refractivity contribution in [2.24, 2.45) is 17.8 Å². The smallest absolute Gasteiger partial charge is 0.257 e. The molecule has 4 nitrogen and oxygen atoms in total. The molecule has 1 aliphatic heterocycles. The third-order valence-electron chi connectivity index (χ3n) is 3.89. The summed E-state index contributed by atoms with van der Waals surface area (Å²) in [7, 11) is 0. The van der Waals surface area contributed by atoms with Gasteiger partial charge in [0.25, 0.3) is 11.8 Å². The zero-order valence-electron chi connectivity index (χ0n) is 12.9. The molecule has 0 spiro atoms. The van der Waals surface area contributed by atoms with Crippen LogP contribution in [0.4, 0.5) is 0 Å². The molecular weight excluding hydrogens is 266 g/mol. The lowest BCUT2D eigenvalue weighted by Gasteiger charge is -2.15. The Hall–Kier alpha value is -1.68. The summed E-state index contributed by atoms with van der Waals surface area (Å²) in [5, 5.41) is 0.994. The molecule has 2 atom stereocenters. The van der Waals surface area contributed by atoms with Gasteiger partial charge >= 0.3 is 0 Å². The highest BCUT2D eigenvalue weighted by Crippen LogP contribution is 2.33. The van der Waals surface area contributed by atoms with Crippen molar-refractivity contribution in [3.8, 4) is 0 Å². The largest absolute Gasteiger partial charge is 0.272 e. The van der Waals surface area contributed by atoms with E-state index in [-0.39, 0.29) is 30.3 Å². The molecule has 1 aliphatic rings. The Morgan fingerprint density at radius 2 is 1.71 bits per heavy atom. The van der Waals surface area contributed by atoms with Crippen LogP contribution < -0.4 is 0 Å². The average molecular weight is 289 g/mol. The SMILES string of the molecule is CCC1C(=O)N(OCc2ccccc2)C(=O)C1CC(C)C. The number of carbonyl (C=O) groups is 2. The molecule has 2 amide bonds. The average Bonchev–Trinajstić information content (AvgIpc) is 2.68. The van der Waals surface area contributed by atoms with Crippen LogP contribution in [-0.4, -0.2) is 16.9 Å². The van der Waals surface area contributed by atoms with E-state index in [1.807, 2.05) is 37.3 Å². The second-order valence-corrected chi connectivity index (χ2v) is 5.98. The van der Waals surface area contributed by atoms with Crippen LogP contribution in [0.5, 0.6) is 0 Å². The van der Waals surface area contributed by atoms with Gasteiger partial charge in [-0.05, 0) is 24.3 Å². The number of carbonyl (C=O) groups excluding carboxylic acids is 2. The maximum absolute atomic E-state index is 12.4. The van der Waals surface area contributed by atoms with E-state index in [2.05, 4.69) is 13.8 Å². The van der Waals surface area contributed by atoms with Crippen LogP contribution in [0.3, 0.4) is 0 Å². The van der Waals surface area contributed by atoms with Gasteiger partial charge in [-0.1, -0.05) is 51.1 Å². The van der Waals surface area contributed by atoms with Crippen molar-refractivity contribution in [1.29, 1.82) is 0 Å². The van der Waals surface area contributed by atoms with Gasteiger partial charge < -0.3 is 0 Å². The quantitative estimate of drug-likeness (QED) is 0.756. The summed E-state index contributed by atoms with van der Waals surface area (Å²) in [6.45, 7) is 6.32. The Balaban J connectivity index is 2.05. The fourth-order valence-corrected chi connectivity index (χ4v) is 2.83. The van der Waals surface area contributed by atoms with Gasteiger partial charge in [0.1, 0.15) is 6.61 Å². The van der Waals surface area contributed by atoms with E-state index in [0.29, 0.717) is 12.3 Å². The van der Waals surface area contributed by atoms with Gasteiger partial charge in [0.15, 0.2) is 0 Å². The van der Waals surface area contributed by atoms with Crippen LogP contribution >= 0.6 is 0 Å². The van der Waals surface area contributed by atoms with Gasteiger partial charge in [-0.15, -0.1) is 0 Å². The molecule has 0 aliphatic carbocycles. The zero-order valence-corrected chi connectivity index (χ0v) is 12.9. The Kier molecular flexibility index (Phi) is 5.12. The lowest BCUT2D eigenvalue weighted by Crippen LogP contribution is -2.31. The van der Waals surface area contributed by atoms with Gasteiger partial charge in [-0.25, -0.2) is 0 Å². The van der Waals surface area contributed by atoms with Crippen LogP contribution in [0, 0.1) is 17.8 Å².